The summed E-state index contributed by atoms with van der Waals surface area (Å²) in [7, 11) is 0. The highest BCUT2D eigenvalue weighted by atomic mass is 16.5. The molecule has 0 N–H and O–H groups in total. The molecule has 0 saturated carbocycles. The van der Waals surface area contributed by atoms with E-state index >= 15 is 0 Å². The molecule has 1 aromatic carbocycles. The van der Waals surface area contributed by atoms with Crippen LogP contribution in [0.15, 0.2) is 36.6 Å². The van der Waals surface area contributed by atoms with Crippen LogP contribution in [-0.4, -0.2) is 19.3 Å². The minimum Gasteiger partial charge on any atom is -0.495 e. The van der Waals surface area contributed by atoms with E-state index in [1.807, 2.05) is 24.5 Å². The van der Waals surface area contributed by atoms with Gasteiger partial charge in [-0.15, -0.1) is 0 Å². The molecule has 1 unspecified atom stereocenters. The lowest BCUT2D eigenvalue weighted by molar-refractivity contribution is 0.0409. The molecule has 0 aliphatic carbocycles. The summed E-state index contributed by atoms with van der Waals surface area (Å²) < 4.78 is 11.3. The molecule has 0 bridgehead atoms. The minimum atomic E-state index is 0.219. The maximum Gasteiger partial charge on any atom is 0.121 e. The van der Waals surface area contributed by atoms with Gasteiger partial charge in [0, 0.05) is 6.61 Å². The Labute approximate surface area is 103 Å². The molecule has 17 heavy (non-hydrogen) atoms. The third-order valence-electron chi connectivity index (χ3n) is 3.03. The smallest absolute Gasteiger partial charge is 0.121 e. The molecular formula is C15H20O2. The number of hydrogen-bond acceptors (Lipinski definition) is 2. The summed E-state index contributed by atoms with van der Waals surface area (Å²) in [5.74, 6) is 0. The van der Waals surface area contributed by atoms with Crippen molar-refractivity contribution in [2.45, 2.75) is 32.3 Å². The summed E-state index contributed by atoms with van der Waals surface area (Å²) in [6, 6.07) is 10.3. The van der Waals surface area contributed by atoms with Crippen LogP contribution in [0.25, 0.3) is 5.57 Å². The summed E-state index contributed by atoms with van der Waals surface area (Å²) >= 11 is 0. The van der Waals surface area contributed by atoms with E-state index in [1.54, 1.807) is 0 Å². The van der Waals surface area contributed by atoms with Gasteiger partial charge < -0.3 is 9.47 Å². The highest BCUT2D eigenvalue weighted by molar-refractivity contribution is 5.62. The van der Waals surface area contributed by atoms with E-state index in [1.165, 1.54) is 12.0 Å². The van der Waals surface area contributed by atoms with Crippen molar-refractivity contribution in [2.75, 3.05) is 13.2 Å². The molecule has 0 aromatic heterocycles. The average molecular weight is 232 g/mol. The van der Waals surface area contributed by atoms with E-state index in [0.717, 1.165) is 31.6 Å². The highest BCUT2D eigenvalue weighted by Gasteiger charge is 2.12. The summed E-state index contributed by atoms with van der Waals surface area (Å²) in [5.41, 5.74) is 2.37. The van der Waals surface area contributed by atoms with Gasteiger partial charge in [0.05, 0.1) is 12.9 Å². The van der Waals surface area contributed by atoms with Crippen molar-refractivity contribution in [3.63, 3.8) is 0 Å². The van der Waals surface area contributed by atoms with Crippen molar-refractivity contribution in [3.05, 3.63) is 42.2 Å². The SMILES string of the molecule is C/C(=C/OC1CCCCOC1)c1ccccc1. The van der Waals surface area contributed by atoms with Crippen molar-refractivity contribution < 1.29 is 9.47 Å². The molecule has 1 aliphatic heterocycles. The standard InChI is InChI=1S/C15H20O2/c1-13(14-7-3-2-4-8-14)11-17-15-9-5-6-10-16-12-15/h2-4,7-8,11,15H,5-6,9-10,12H2,1H3/b13-11-. The number of ether oxygens (including phenoxy) is 2. The van der Waals surface area contributed by atoms with Gasteiger partial charge in [0.15, 0.2) is 0 Å². The van der Waals surface area contributed by atoms with Crippen molar-refractivity contribution in [1.29, 1.82) is 0 Å². The molecule has 1 aromatic rings. The van der Waals surface area contributed by atoms with Gasteiger partial charge in [0.25, 0.3) is 0 Å². The lowest BCUT2D eigenvalue weighted by Gasteiger charge is -2.14. The van der Waals surface area contributed by atoms with Crippen LogP contribution in [-0.2, 0) is 9.47 Å². The van der Waals surface area contributed by atoms with E-state index in [0.29, 0.717) is 0 Å². The molecule has 1 fully saturated rings. The molecular weight excluding hydrogens is 212 g/mol. The predicted molar refractivity (Wildman–Crippen MR) is 69.6 cm³/mol. The fraction of sp³-hybridized carbons (Fsp3) is 0.467. The molecule has 2 heteroatoms. The van der Waals surface area contributed by atoms with Crippen molar-refractivity contribution >= 4 is 5.57 Å². The van der Waals surface area contributed by atoms with Crippen molar-refractivity contribution in [2.24, 2.45) is 0 Å². The van der Waals surface area contributed by atoms with E-state index in [4.69, 9.17) is 9.47 Å². The lowest BCUT2D eigenvalue weighted by atomic mass is 10.1. The van der Waals surface area contributed by atoms with Crippen LogP contribution in [0.3, 0.4) is 0 Å². The average Bonchev–Trinajstić information content (AvgIpc) is 2.65. The Morgan fingerprint density at radius 3 is 2.94 bits per heavy atom. The summed E-state index contributed by atoms with van der Waals surface area (Å²) in [6.07, 6.45) is 5.54. The van der Waals surface area contributed by atoms with Gasteiger partial charge in [-0.25, -0.2) is 0 Å². The van der Waals surface area contributed by atoms with E-state index in [-0.39, 0.29) is 6.10 Å². The van der Waals surface area contributed by atoms with Gasteiger partial charge in [-0.3, -0.25) is 0 Å². The van der Waals surface area contributed by atoms with Crippen LogP contribution in [0.5, 0.6) is 0 Å². The largest absolute Gasteiger partial charge is 0.495 e. The molecule has 1 atom stereocenters. The van der Waals surface area contributed by atoms with E-state index in [2.05, 4.69) is 19.1 Å². The number of hydrogen-bond donors (Lipinski definition) is 0. The summed E-state index contributed by atoms with van der Waals surface area (Å²) in [6.45, 7) is 3.67. The maximum absolute atomic E-state index is 5.79. The number of rotatable bonds is 3. The molecule has 1 heterocycles. The zero-order valence-electron chi connectivity index (χ0n) is 10.4. The van der Waals surface area contributed by atoms with Crippen LogP contribution in [0, 0.1) is 0 Å². The van der Waals surface area contributed by atoms with Gasteiger partial charge in [0.2, 0.25) is 0 Å². The molecule has 0 radical (unpaired) electrons. The Bertz CT molecular complexity index is 348. The molecule has 1 saturated heterocycles. The third-order valence-corrected chi connectivity index (χ3v) is 3.03. The van der Waals surface area contributed by atoms with Crippen LogP contribution >= 0.6 is 0 Å². The molecule has 0 spiro atoms. The van der Waals surface area contributed by atoms with Crippen molar-refractivity contribution in [1.82, 2.24) is 0 Å². The first-order valence-corrected chi connectivity index (χ1v) is 6.31. The Balaban J connectivity index is 1.91. The van der Waals surface area contributed by atoms with Gasteiger partial charge in [0.1, 0.15) is 6.10 Å². The molecule has 92 valence electrons. The fourth-order valence-corrected chi connectivity index (χ4v) is 1.95. The molecule has 2 rings (SSSR count). The summed E-state index contributed by atoms with van der Waals surface area (Å²) in [4.78, 5) is 0. The topological polar surface area (TPSA) is 18.5 Å². The Morgan fingerprint density at radius 2 is 2.12 bits per heavy atom. The molecule has 2 nitrogen and oxygen atoms in total. The maximum atomic E-state index is 5.79. The fourth-order valence-electron chi connectivity index (χ4n) is 1.95. The van der Waals surface area contributed by atoms with Crippen LogP contribution < -0.4 is 0 Å². The monoisotopic (exact) mass is 232 g/mol. The first-order valence-electron chi connectivity index (χ1n) is 6.31. The zero-order chi connectivity index (χ0) is 11.9. The molecule has 0 amide bonds. The van der Waals surface area contributed by atoms with Crippen LogP contribution in [0.2, 0.25) is 0 Å². The van der Waals surface area contributed by atoms with Gasteiger partial charge in [-0.2, -0.15) is 0 Å². The number of allylic oxidation sites excluding steroid dienone is 1. The minimum absolute atomic E-state index is 0.219. The Morgan fingerprint density at radius 1 is 1.29 bits per heavy atom. The second-order valence-electron chi connectivity index (χ2n) is 4.50. The zero-order valence-corrected chi connectivity index (χ0v) is 10.4. The van der Waals surface area contributed by atoms with Gasteiger partial charge >= 0.3 is 0 Å². The second kappa shape index (κ2) is 6.45. The lowest BCUT2D eigenvalue weighted by Crippen LogP contribution is -2.15. The molecule has 1 aliphatic rings. The van der Waals surface area contributed by atoms with Gasteiger partial charge in [-0.1, -0.05) is 30.3 Å². The first-order chi connectivity index (χ1) is 8.36. The predicted octanol–water partition coefficient (Wildman–Crippen LogP) is 3.63. The van der Waals surface area contributed by atoms with Crippen LogP contribution in [0.1, 0.15) is 31.7 Å². The van der Waals surface area contributed by atoms with Crippen molar-refractivity contribution in [3.8, 4) is 0 Å². The number of benzene rings is 1. The van der Waals surface area contributed by atoms with Crippen LogP contribution in [0.4, 0.5) is 0 Å². The Hall–Kier alpha value is -1.28. The highest BCUT2D eigenvalue weighted by Crippen LogP contribution is 2.16. The van der Waals surface area contributed by atoms with E-state index < -0.39 is 0 Å². The summed E-state index contributed by atoms with van der Waals surface area (Å²) in [5, 5.41) is 0. The van der Waals surface area contributed by atoms with E-state index in [9.17, 15) is 0 Å². The first kappa shape index (κ1) is 12.2. The second-order valence-corrected chi connectivity index (χ2v) is 4.50. The van der Waals surface area contributed by atoms with Gasteiger partial charge in [-0.05, 0) is 37.3 Å². The third kappa shape index (κ3) is 3.90. The Kier molecular flexibility index (Phi) is 4.63. The normalized spacial score (nSPS) is 21.9. The quantitative estimate of drug-likeness (QED) is 0.741.